The van der Waals surface area contributed by atoms with E-state index in [-0.39, 0.29) is 0 Å². The zero-order valence-electron chi connectivity index (χ0n) is 30.8. The van der Waals surface area contributed by atoms with E-state index < -0.39 is 8.07 Å². The van der Waals surface area contributed by atoms with Crippen molar-refractivity contribution in [3.05, 3.63) is 200 Å². The second-order valence-corrected chi connectivity index (χ2v) is 18.5. The second kappa shape index (κ2) is 12.3. The highest BCUT2D eigenvalue weighted by atomic mass is 28.3. The highest BCUT2D eigenvalue weighted by molar-refractivity contribution is 7.22. The van der Waals surface area contributed by atoms with Gasteiger partial charge in [-0.05, 0) is 52.0 Å². The van der Waals surface area contributed by atoms with Crippen LogP contribution in [0.5, 0.6) is 0 Å². The van der Waals surface area contributed by atoms with Crippen molar-refractivity contribution in [3.63, 3.8) is 0 Å². The molecule has 0 unspecified atom stereocenters. The van der Waals surface area contributed by atoms with Gasteiger partial charge < -0.3 is 8.98 Å². The summed E-state index contributed by atoms with van der Waals surface area (Å²) >= 11 is 0. The van der Waals surface area contributed by atoms with Crippen LogP contribution in [0.4, 0.5) is 0 Å². The topological polar surface area (TPSA) is 43.9 Å². The van der Waals surface area contributed by atoms with Gasteiger partial charge in [-0.25, -0.2) is 9.97 Å². The number of hydrogen-bond donors (Lipinski definition) is 0. The number of hydrogen-bond acceptors (Lipinski definition) is 3. The molecule has 5 heteroatoms. The highest BCUT2D eigenvalue weighted by Crippen LogP contribution is 2.43. The number of para-hydroxylation sites is 3. The number of furan rings is 1. The standard InChI is InChI=1S/C52H33N3OSi/c1-4-18-34(19-5-1)48-51-49(41-27-13-17-31-46(41)57(51,35-20-6-2-7-21-35)36-22-8-3-9-23-36)54-52(53-48)39-25-11-15-29-43(39)55-42-28-14-10-24-37(42)38-32-33-45-47(50(38)55)40-26-12-16-30-44(40)56-45/h1-33H. The Morgan fingerprint density at radius 2 is 1.04 bits per heavy atom. The lowest BCUT2D eigenvalue weighted by atomic mass is 10.1. The quantitative estimate of drug-likeness (QED) is 0.165. The fourth-order valence-corrected chi connectivity index (χ4v) is 14.8. The van der Waals surface area contributed by atoms with E-state index in [1.807, 2.05) is 6.07 Å². The number of benzene rings is 8. The van der Waals surface area contributed by atoms with Crippen molar-refractivity contribution in [1.29, 1.82) is 0 Å². The molecule has 57 heavy (non-hydrogen) atoms. The van der Waals surface area contributed by atoms with Gasteiger partial charge in [-0.3, -0.25) is 0 Å². The molecular formula is C52H33N3OSi. The number of rotatable bonds is 5. The molecule has 11 aromatic rings. The van der Waals surface area contributed by atoms with Crippen LogP contribution in [-0.4, -0.2) is 22.6 Å². The third kappa shape index (κ3) is 4.49. The molecule has 4 heterocycles. The minimum atomic E-state index is -2.91. The van der Waals surface area contributed by atoms with Crippen LogP contribution in [0.2, 0.25) is 0 Å². The van der Waals surface area contributed by atoms with Crippen LogP contribution in [0, 0.1) is 0 Å². The summed E-state index contributed by atoms with van der Waals surface area (Å²) in [5.74, 6) is 0.694. The molecule has 0 amide bonds. The van der Waals surface area contributed by atoms with Gasteiger partial charge in [0.2, 0.25) is 0 Å². The van der Waals surface area contributed by atoms with E-state index in [0.717, 1.165) is 61.2 Å². The Kier molecular flexibility index (Phi) is 6.91. The summed E-state index contributed by atoms with van der Waals surface area (Å²) < 4.78 is 8.88. The predicted molar refractivity (Wildman–Crippen MR) is 237 cm³/mol. The lowest BCUT2D eigenvalue weighted by molar-refractivity contribution is 0.669. The Bertz CT molecular complexity index is 3310. The molecule has 0 aliphatic carbocycles. The van der Waals surface area contributed by atoms with Crippen LogP contribution >= 0.6 is 0 Å². The molecule has 0 saturated heterocycles. The van der Waals surface area contributed by atoms with Gasteiger partial charge in [-0.1, -0.05) is 164 Å². The lowest BCUT2D eigenvalue weighted by Crippen LogP contribution is -2.73. The molecule has 4 nitrogen and oxygen atoms in total. The highest BCUT2D eigenvalue weighted by Gasteiger charge is 2.51. The molecule has 0 atom stereocenters. The van der Waals surface area contributed by atoms with E-state index in [4.69, 9.17) is 14.4 Å². The van der Waals surface area contributed by atoms with Gasteiger partial charge in [0.15, 0.2) is 13.9 Å². The summed E-state index contributed by atoms with van der Waals surface area (Å²) in [6.07, 6.45) is 0. The van der Waals surface area contributed by atoms with E-state index >= 15 is 0 Å². The molecule has 1 aliphatic rings. The molecule has 12 rings (SSSR count). The first-order valence-electron chi connectivity index (χ1n) is 19.4. The van der Waals surface area contributed by atoms with Crippen LogP contribution in [0.15, 0.2) is 205 Å². The van der Waals surface area contributed by atoms with E-state index in [1.165, 1.54) is 37.1 Å². The van der Waals surface area contributed by atoms with E-state index in [9.17, 15) is 0 Å². The van der Waals surface area contributed by atoms with Crippen molar-refractivity contribution >= 4 is 72.6 Å². The van der Waals surface area contributed by atoms with Crippen LogP contribution in [0.25, 0.3) is 83.3 Å². The van der Waals surface area contributed by atoms with Crippen molar-refractivity contribution in [2.24, 2.45) is 0 Å². The fourth-order valence-electron chi connectivity index (χ4n) is 9.60. The number of nitrogens with zero attached hydrogens (tertiary/aromatic N) is 3. The molecule has 0 spiro atoms. The normalized spacial score (nSPS) is 13.1. The maximum Gasteiger partial charge on any atom is 0.185 e. The molecule has 0 N–H and O–H groups in total. The molecule has 0 bridgehead atoms. The van der Waals surface area contributed by atoms with Gasteiger partial charge in [0.05, 0.1) is 33.5 Å². The molecule has 1 aliphatic heterocycles. The molecule has 8 aromatic carbocycles. The van der Waals surface area contributed by atoms with Gasteiger partial charge in [0.1, 0.15) is 11.2 Å². The third-order valence-corrected chi connectivity index (χ3v) is 16.8. The van der Waals surface area contributed by atoms with Crippen LogP contribution in [-0.2, 0) is 0 Å². The first kappa shape index (κ1) is 32.0. The zero-order valence-corrected chi connectivity index (χ0v) is 31.8. The average Bonchev–Trinajstić information content (AvgIpc) is 3.93. The molecule has 0 fully saturated rings. The van der Waals surface area contributed by atoms with Crippen molar-refractivity contribution in [3.8, 4) is 39.6 Å². The van der Waals surface area contributed by atoms with Gasteiger partial charge in [-0.15, -0.1) is 0 Å². The summed E-state index contributed by atoms with van der Waals surface area (Å²) in [4.78, 5) is 11.5. The van der Waals surface area contributed by atoms with Crippen molar-refractivity contribution < 1.29 is 4.42 Å². The van der Waals surface area contributed by atoms with Gasteiger partial charge in [-0.2, -0.15) is 0 Å². The van der Waals surface area contributed by atoms with E-state index in [1.54, 1.807) is 0 Å². The largest absolute Gasteiger partial charge is 0.456 e. The van der Waals surface area contributed by atoms with Crippen LogP contribution in [0.3, 0.4) is 0 Å². The molecule has 266 valence electrons. The summed E-state index contributed by atoms with van der Waals surface area (Å²) in [6.45, 7) is 0. The SMILES string of the molecule is c1ccc(-c2nc(-c3ccccc3-n3c4ccccc4c4ccc5oc6ccccc6c5c43)nc3c2[Si](c2ccccc2)(c2ccccc2)c2ccccc2-3)cc1. The first-order chi connectivity index (χ1) is 28.3. The summed E-state index contributed by atoms with van der Waals surface area (Å²) in [5.41, 5.74) is 10.2. The van der Waals surface area contributed by atoms with Crippen molar-refractivity contribution in [2.45, 2.75) is 0 Å². The molecule has 0 radical (unpaired) electrons. The van der Waals surface area contributed by atoms with Crippen LogP contribution in [0.1, 0.15) is 0 Å². The Labute approximate surface area is 330 Å². The zero-order chi connectivity index (χ0) is 37.5. The second-order valence-electron chi connectivity index (χ2n) is 14.8. The maximum atomic E-state index is 6.47. The first-order valence-corrected chi connectivity index (χ1v) is 21.4. The Morgan fingerprint density at radius 1 is 0.439 bits per heavy atom. The lowest BCUT2D eigenvalue weighted by Gasteiger charge is -2.32. The minimum Gasteiger partial charge on any atom is -0.456 e. The molecule has 3 aromatic heterocycles. The van der Waals surface area contributed by atoms with E-state index in [0.29, 0.717) is 5.82 Å². The van der Waals surface area contributed by atoms with Crippen molar-refractivity contribution in [2.75, 3.05) is 0 Å². The van der Waals surface area contributed by atoms with E-state index in [2.05, 4.69) is 199 Å². The predicted octanol–water partition coefficient (Wildman–Crippen LogP) is 10.2. The third-order valence-electron chi connectivity index (χ3n) is 11.9. The van der Waals surface area contributed by atoms with Crippen molar-refractivity contribution in [1.82, 2.24) is 14.5 Å². The minimum absolute atomic E-state index is 0.694. The van der Waals surface area contributed by atoms with Gasteiger partial charge in [0.25, 0.3) is 0 Å². The maximum absolute atomic E-state index is 6.47. The number of aromatic nitrogens is 3. The fraction of sp³-hybridized carbons (Fsp3) is 0. The Balaban J connectivity index is 1.22. The summed E-state index contributed by atoms with van der Waals surface area (Å²) in [6, 6.07) is 71.8. The van der Waals surface area contributed by atoms with Crippen LogP contribution < -0.4 is 20.7 Å². The van der Waals surface area contributed by atoms with Gasteiger partial charge >= 0.3 is 0 Å². The molecular weight excluding hydrogens is 711 g/mol. The van der Waals surface area contributed by atoms with Gasteiger partial charge in [0, 0.05) is 38.0 Å². The number of fused-ring (bicyclic) bond motifs is 10. The Morgan fingerprint density at radius 3 is 1.81 bits per heavy atom. The summed E-state index contributed by atoms with van der Waals surface area (Å²) in [5, 5.41) is 9.77. The summed E-state index contributed by atoms with van der Waals surface area (Å²) in [7, 11) is -2.91. The smallest absolute Gasteiger partial charge is 0.185 e. The Hall–Kier alpha value is -7.34. The molecule has 0 saturated carbocycles. The monoisotopic (exact) mass is 743 g/mol. The average molecular weight is 744 g/mol.